The third kappa shape index (κ3) is 2.63. The first-order valence-electron chi connectivity index (χ1n) is 8.15. The molecule has 6 nitrogen and oxygen atoms in total. The molecule has 1 aromatic carbocycles. The molecule has 1 aliphatic carbocycles. The number of carbonyl (C=O) groups is 2. The van der Waals surface area contributed by atoms with Crippen molar-refractivity contribution < 1.29 is 19.1 Å². The van der Waals surface area contributed by atoms with Crippen LogP contribution in [0.4, 0.5) is 5.69 Å². The molecule has 0 radical (unpaired) electrons. The maximum Gasteiger partial charge on any atom is 0.339 e. The highest BCUT2D eigenvalue weighted by atomic mass is 16.5. The van der Waals surface area contributed by atoms with Crippen molar-refractivity contribution in [2.75, 3.05) is 19.1 Å². The van der Waals surface area contributed by atoms with Gasteiger partial charge in [-0.05, 0) is 30.2 Å². The summed E-state index contributed by atoms with van der Waals surface area (Å²) in [7, 11) is 2.95. The molecule has 0 bridgehead atoms. The second-order valence-corrected chi connectivity index (χ2v) is 6.34. The van der Waals surface area contributed by atoms with Crippen LogP contribution in [0.1, 0.15) is 34.0 Å². The van der Waals surface area contributed by atoms with Crippen LogP contribution < -0.4 is 9.64 Å². The van der Waals surface area contributed by atoms with Crippen molar-refractivity contribution in [3.8, 4) is 5.75 Å². The number of ether oxygens (including phenoxy) is 2. The Hall–Kier alpha value is -2.89. The molecule has 1 fully saturated rings. The van der Waals surface area contributed by atoms with E-state index in [9.17, 15) is 9.59 Å². The van der Waals surface area contributed by atoms with E-state index in [1.54, 1.807) is 18.1 Å². The van der Waals surface area contributed by atoms with E-state index in [0.29, 0.717) is 17.8 Å². The molecule has 0 spiro atoms. The van der Waals surface area contributed by atoms with Crippen LogP contribution in [0.2, 0.25) is 0 Å². The Morgan fingerprint density at radius 1 is 1.24 bits per heavy atom. The zero-order chi connectivity index (χ0) is 17.6. The predicted molar refractivity (Wildman–Crippen MR) is 90.6 cm³/mol. The van der Waals surface area contributed by atoms with Crippen molar-refractivity contribution in [1.29, 1.82) is 0 Å². The Morgan fingerprint density at radius 3 is 2.68 bits per heavy atom. The maximum absolute atomic E-state index is 12.8. The molecule has 1 aromatic heterocycles. The summed E-state index contributed by atoms with van der Waals surface area (Å²) in [6.45, 7) is 0.436. The number of pyridine rings is 1. The summed E-state index contributed by atoms with van der Waals surface area (Å²) in [5.74, 6) is 0.608. The molecule has 1 aliphatic heterocycles. The monoisotopic (exact) mass is 338 g/mol. The molecule has 0 N–H and O–H groups in total. The number of benzene rings is 1. The Balaban J connectivity index is 1.70. The molecule has 0 saturated heterocycles. The van der Waals surface area contributed by atoms with E-state index in [2.05, 4.69) is 4.98 Å². The number of carbonyl (C=O) groups excluding carboxylic acids is 2. The molecular formula is C19H18N2O4. The molecule has 2 atom stereocenters. The zero-order valence-electron chi connectivity index (χ0n) is 14.1. The normalized spacial score (nSPS) is 20.6. The van der Waals surface area contributed by atoms with Crippen molar-refractivity contribution in [2.24, 2.45) is 5.92 Å². The number of aromatic nitrogens is 1. The van der Waals surface area contributed by atoms with Crippen molar-refractivity contribution in [1.82, 2.24) is 4.98 Å². The number of fused-ring (bicyclic) bond motifs is 3. The zero-order valence-corrected chi connectivity index (χ0v) is 14.1. The summed E-state index contributed by atoms with van der Waals surface area (Å²) >= 11 is 0. The lowest BCUT2D eigenvalue weighted by Gasteiger charge is -2.29. The van der Waals surface area contributed by atoms with Gasteiger partial charge in [-0.15, -0.1) is 0 Å². The Kier molecular flexibility index (Phi) is 3.67. The number of amides is 1. The SMILES string of the molecule is COC(=O)c1cnc2c(c1)N(Cc1ccc(OC)cc1)C(=O)C1CC21. The van der Waals surface area contributed by atoms with Crippen LogP contribution in [-0.2, 0) is 16.1 Å². The third-order valence-corrected chi connectivity index (χ3v) is 4.83. The van der Waals surface area contributed by atoms with E-state index >= 15 is 0 Å². The van der Waals surface area contributed by atoms with Gasteiger partial charge in [0.05, 0.1) is 37.7 Å². The Morgan fingerprint density at radius 2 is 2.00 bits per heavy atom. The van der Waals surface area contributed by atoms with Crippen molar-refractivity contribution >= 4 is 17.6 Å². The minimum absolute atomic E-state index is 0.0159. The quantitative estimate of drug-likeness (QED) is 0.801. The highest BCUT2D eigenvalue weighted by Gasteiger charge is 2.52. The Bertz CT molecular complexity index is 847. The number of methoxy groups -OCH3 is 2. The summed E-state index contributed by atoms with van der Waals surface area (Å²) < 4.78 is 9.95. The van der Waals surface area contributed by atoms with Crippen LogP contribution >= 0.6 is 0 Å². The molecule has 6 heteroatoms. The summed E-state index contributed by atoms with van der Waals surface area (Å²) in [5.41, 5.74) is 2.95. The lowest BCUT2D eigenvalue weighted by molar-refractivity contribution is -0.120. The molecule has 1 amide bonds. The molecule has 2 heterocycles. The fourth-order valence-corrected chi connectivity index (χ4v) is 3.36. The summed E-state index contributed by atoms with van der Waals surface area (Å²) in [6.07, 6.45) is 2.36. The van der Waals surface area contributed by atoms with Crippen LogP contribution in [0.5, 0.6) is 5.75 Å². The lowest BCUT2D eigenvalue weighted by atomic mass is 10.0. The third-order valence-electron chi connectivity index (χ3n) is 4.83. The van der Waals surface area contributed by atoms with Gasteiger partial charge >= 0.3 is 5.97 Å². The minimum Gasteiger partial charge on any atom is -0.497 e. The molecule has 2 aromatic rings. The van der Waals surface area contributed by atoms with Gasteiger partial charge < -0.3 is 14.4 Å². The molecule has 128 valence electrons. The van der Waals surface area contributed by atoms with Gasteiger partial charge in [0.2, 0.25) is 5.91 Å². The van der Waals surface area contributed by atoms with Crippen LogP contribution in [-0.4, -0.2) is 31.1 Å². The highest BCUT2D eigenvalue weighted by Crippen LogP contribution is 2.54. The molecule has 2 unspecified atom stereocenters. The van der Waals surface area contributed by atoms with Crippen molar-refractivity contribution in [2.45, 2.75) is 18.9 Å². The second-order valence-electron chi connectivity index (χ2n) is 6.34. The van der Waals surface area contributed by atoms with E-state index in [1.165, 1.54) is 13.3 Å². The second kappa shape index (κ2) is 5.88. The van der Waals surface area contributed by atoms with E-state index in [0.717, 1.165) is 23.4 Å². The fourth-order valence-electron chi connectivity index (χ4n) is 3.36. The molecular weight excluding hydrogens is 320 g/mol. The van der Waals surface area contributed by atoms with E-state index < -0.39 is 5.97 Å². The first-order chi connectivity index (χ1) is 12.1. The predicted octanol–water partition coefficient (Wildman–Crippen LogP) is 2.53. The maximum atomic E-state index is 12.8. The first kappa shape index (κ1) is 15.6. The van der Waals surface area contributed by atoms with Crippen LogP contribution in [0.15, 0.2) is 36.5 Å². The summed E-state index contributed by atoms with van der Waals surface area (Å²) in [6, 6.07) is 9.32. The highest BCUT2D eigenvalue weighted by molar-refractivity contribution is 6.02. The van der Waals surface area contributed by atoms with Gasteiger partial charge in [0.1, 0.15) is 5.75 Å². The van der Waals surface area contributed by atoms with Gasteiger partial charge in [-0.3, -0.25) is 9.78 Å². The molecule has 25 heavy (non-hydrogen) atoms. The largest absolute Gasteiger partial charge is 0.497 e. The van der Waals surface area contributed by atoms with Crippen molar-refractivity contribution in [3.63, 3.8) is 0 Å². The van der Waals surface area contributed by atoms with Crippen LogP contribution in [0.25, 0.3) is 0 Å². The lowest BCUT2D eigenvalue weighted by Crippen LogP contribution is -2.36. The average molecular weight is 338 g/mol. The van der Waals surface area contributed by atoms with Crippen molar-refractivity contribution in [3.05, 3.63) is 53.3 Å². The average Bonchev–Trinajstić information content (AvgIpc) is 3.45. The van der Waals surface area contributed by atoms with E-state index in [1.807, 2.05) is 24.3 Å². The minimum atomic E-state index is -0.454. The number of esters is 1. The smallest absolute Gasteiger partial charge is 0.339 e. The number of rotatable bonds is 4. The van der Waals surface area contributed by atoms with Gasteiger partial charge in [-0.25, -0.2) is 4.79 Å². The van der Waals surface area contributed by atoms with Crippen LogP contribution in [0, 0.1) is 5.92 Å². The molecule has 4 rings (SSSR count). The number of anilines is 1. The van der Waals surface area contributed by atoms with Gasteiger partial charge in [-0.2, -0.15) is 0 Å². The first-order valence-corrected chi connectivity index (χ1v) is 8.15. The van der Waals surface area contributed by atoms with Gasteiger partial charge in [0.15, 0.2) is 0 Å². The van der Waals surface area contributed by atoms with E-state index in [4.69, 9.17) is 9.47 Å². The standard InChI is InChI=1S/C19H18N2O4/c1-24-13-5-3-11(4-6-13)10-21-16-7-12(19(23)25-2)9-20-17(16)14-8-15(14)18(21)22/h3-7,9,14-15H,8,10H2,1-2H3. The summed E-state index contributed by atoms with van der Waals surface area (Å²) in [4.78, 5) is 30.8. The molecule has 2 aliphatic rings. The number of hydrogen-bond donors (Lipinski definition) is 0. The summed E-state index contributed by atoms with van der Waals surface area (Å²) in [5, 5.41) is 0. The fraction of sp³-hybridized carbons (Fsp3) is 0.316. The number of nitrogens with zero attached hydrogens (tertiary/aromatic N) is 2. The van der Waals surface area contributed by atoms with Gasteiger partial charge in [0.25, 0.3) is 0 Å². The van der Waals surface area contributed by atoms with Crippen LogP contribution in [0.3, 0.4) is 0 Å². The van der Waals surface area contributed by atoms with E-state index in [-0.39, 0.29) is 17.7 Å². The Labute approximate surface area is 145 Å². The van der Waals surface area contributed by atoms with Gasteiger partial charge in [-0.1, -0.05) is 12.1 Å². The van der Waals surface area contributed by atoms with Gasteiger partial charge in [0, 0.05) is 18.0 Å². The molecule has 1 saturated carbocycles. The topological polar surface area (TPSA) is 68.7 Å². The number of hydrogen-bond acceptors (Lipinski definition) is 5.